The topological polar surface area (TPSA) is 88.6 Å². The Morgan fingerprint density at radius 3 is 2.76 bits per heavy atom. The molecular formula is C27H26F3N5O3. The van der Waals surface area contributed by atoms with Crippen LogP contribution in [0, 0.1) is 12.3 Å². The van der Waals surface area contributed by atoms with Crippen LogP contribution in [0.1, 0.15) is 17.5 Å². The van der Waals surface area contributed by atoms with E-state index in [1.807, 2.05) is 19.0 Å². The average molecular weight is 526 g/mol. The van der Waals surface area contributed by atoms with Gasteiger partial charge < -0.3 is 25.0 Å². The Bertz CT molecular complexity index is 1390. The zero-order valence-electron chi connectivity index (χ0n) is 20.8. The van der Waals surface area contributed by atoms with E-state index < -0.39 is 11.7 Å². The first kappa shape index (κ1) is 26.9. The van der Waals surface area contributed by atoms with E-state index in [4.69, 9.17) is 15.9 Å². The number of nitrogens with one attached hydrogen (secondary N) is 2. The zero-order chi connectivity index (χ0) is 27.3. The summed E-state index contributed by atoms with van der Waals surface area (Å²) in [6.07, 6.45) is 5.71. The fourth-order valence-corrected chi connectivity index (χ4v) is 3.79. The first-order valence-electron chi connectivity index (χ1n) is 11.7. The van der Waals surface area contributed by atoms with Gasteiger partial charge in [0.15, 0.2) is 0 Å². The molecule has 2 heterocycles. The van der Waals surface area contributed by atoms with Crippen molar-refractivity contribution >= 4 is 34.0 Å². The normalized spacial score (nSPS) is 15.7. The second kappa shape index (κ2) is 11.5. The van der Waals surface area contributed by atoms with Crippen molar-refractivity contribution in [3.8, 4) is 18.1 Å². The predicted octanol–water partition coefficient (Wildman–Crippen LogP) is 4.60. The minimum atomic E-state index is -4.58. The van der Waals surface area contributed by atoms with Crippen LogP contribution in [0.3, 0.4) is 0 Å². The molecule has 2 aromatic carbocycles. The van der Waals surface area contributed by atoms with E-state index in [0.29, 0.717) is 48.5 Å². The molecule has 0 aliphatic carbocycles. The number of amides is 1. The van der Waals surface area contributed by atoms with Crippen molar-refractivity contribution in [3.05, 3.63) is 59.9 Å². The van der Waals surface area contributed by atoms with Crippen molar-refractivity contribution in [2.45, 2.75) is 18.7 Å². The number of hydrogen-bond donors (Lipinski definition) is 2. The number of benzene rings is 2. The first-order valence-corrected chi connectivity index (χ1v) is 11.7. The number of alkyl halides is 3. The number of nitrogens with zero attached hydrogens (tertiary/aromatic N) is 3. The summed E-state index contributed by atoms with van der Waals surface area (Å²) in [6, 6.07) is 6.54. The van der Waals surface area contributed by atoms with Gasteiger partial charge in [0, 0.05) is 41.7 Å². The molecule has 2 N–H and O–H groups in total. The van der Waals surface area contributed by atoms with E-state index in [0.717, 1.165) is 12.1 Å². The van der Waals surface area contributed by atoms with Crippen LogP contribution in [-0.2, 0) is 15.7 Å². The Hall–Kier alpha value is -4.14. The second-order valence-electron chi connectivity index (χ2n) is 8.91. The van der Waals surface area contributed by atoms with E-state index in [2.05, 4.69) is 26.5 Å². The Labute approximate surface area is 217 Å². The van der Waals surface area contributed by atoms with E-state index in [1.165, 1.54) is 18.5 Å². The standard InChI is InChI=1S/C27H26F3N5O3/c1-4-17-10-18(27(28,29)30)12-19(11-17)33-26-21-13-23(34-25(36)6-5-8-35(2)3)24(14-22(21)31-16-32-26)38-20-7-9-37-15-20/h1,5-6,10-14,16,20H,7-9,15H2,2-3H3,(H,34,36)(H,31,32,33). The lowest BCUT2D eigenvalue weighted by Gasteiger charge is -2.18. The van der Waals surface area contributed by atoms with Crippen molar-refractivity contribution in [1.29, 1.82) is 0 Å². The van der Waals surface area contributed by atoms with Crippen LogP contribution < -0.4 is 15.4 Å². The molecule has 0 radical (unpaired) electrons. The van der Waals surface area contributed by atoms with Gasteiger partial charge in [0.25, 0.3) is 0 Å². The van der Waals surface area contributed by atoms with E-state index >= 15 is 0 Å². The van der Waals surface area contributed by atoms with Crippen LogP contribution in [0.25, 0.3) is 10.9 Å². The van der Waals surface area contributed by atoms with Gasteiger partial charge in [-0.05, 0) is 38.4 Å². The van der Waals surface area contributed by atoms with Gasteiger partial charge in [-0.25, -0.2) is 9.97 Å². The van der Waals surface area contributed by atoms with Crippen molar-refractivity contribution in [2.75, 3.05) is 44.5 Å². The van der Waals surface area contributed by atoms with Crippen molar-refractivity contribution in [3.63, 3.8) is 0 Å². The lowest BCUT2D eigenvalue weighted by Crippen LogP contribution is -2.18. The molecule has 1 unspecified atom stereocenters. The Balaban J connectivity index is 1.72. The Kier molecular flexibility index (Phi) is 8.14. The quantitative estimate of drug-likeness (QED) is 0.328. The first-order chi connectivity index (χ1) is 18.1. The number of rotatable bonds is 8. The smallest absolute Gasteiger partial charge is 0.416 e. The lowest BCUT2D eigenvalue weighted by atomic mass is 10.1. The molecule has 0 spiro atoms. The number of carbonyl (C=O) groups excluding carboxylic acids is 1. The number of halogens is 3. The van der Waals surface area contributed by atoms with Crippen LogP contribution in [0.5, 0.6) is 5.75 Å². The van der Waals surface area contributed by atoms with Crippen molar-refractivity contribution in [1.82, 2.24) is 14.9 Å². The molecule has 1 aliphatic heterocycles. The van der Waals surface area contributed by atoms with Gasteiger partial charge in [-0.15, -0.1) is 6.42 Å². The highest BCUT2D eigenvalue weighted by atomic mass is 19.4. The fourth-order valence-electron chi connectivity index (χ4n) is 3.79. The summed E-state index contributed by atoms with van der Waals surface area (Å²) < 4.78 is 51.7. The predicted molar refractivity (Wildman–Crippen MR) is 138 cm³/mol. The van der Waals surface area contributed by atoms with Crippen LogP contribution in [0.2, 0.25) is 0 Å². The van der Waals surface area contributed by atoms with Crippen LogP contribution in [0.15, 0.2) is 48.8 Å². The van der Waals surface area contributed by atoms with Gasteiger partial charge in [0.1, 0.15) is 24.0 Å². The summed E-state index contributed by atoms with van der Waals surface area (Å²) in [5, 5.41) is 6.19. The maximum Gasteiger partial charge on any atom is 0.416 e. The highest BCUT2D eigenvalue weighted by molar-refractivity contribution is 6.03. The maximum atomic E-state index is 13.4. The molecule has 11 heteroatoms. The summed E-state index contributed by atoms with van der Waals surface area (Å²) >= 11 is 0. The summed E-state index contributed by atoms with van der Waals surface area (Å²) in [6.45, 7) is 1.56. The third-order valence-corrected chi connectivity index (χ3v) is 5.61. The molecule has 0 saturated carbocycles. The Morgan fingerprint density at radius 2 is 2.08 bits per heavy atom. The summed E-state index contributed by atoms with van der Waals surface area (Å²) in [5.74, 6) is 2.49. The summed E-state index contributed by atoms with van der Waals surface area (Å²) in [7, 11) is 3.76. The average Bonchev–Trinajstić information content (AvgIpc) is 3.37. The van der Waals surface area contributed by atoms with E-state index in [9.17, 15) is 18.0 Å². The third-order valence-electron chi connectivity index (χ3n) is 5.61. The molecule has 1 atom stereocenters. The number of likely N-dealkylation sites (N-methyl/N-ethyl adjacent to an activating group) is 1. The number of carbonyl (C=O) groups is 1. The number of hydrogen-bond acceptors (Lipinski definition) is 7. The SMILES string of the molecule is C#Cc1cc(Nc2ncnc3cc(OC4CCOC4)c(NC(=O)C=CCN(C)C)cc23)cc(C(F)(F)F)c1. The molecule has 8 nitrogen and oxygen atoms in total. The monoisotopic (exact) mass is 525 g/mol. The van der Waals surface area contributed by atoms with E-state index in [-0.39, 0.29) is 29.1 Å². The molecule has 1 aromatic heterocycles. The fraction of sp³-hybridized carbons (Fsp3) is 0.296. The highest BCUT2D eigenvalue weighted by Gasteiger charge is 2.31. The van der Waals surface area contributed by atoms with E-state index in [1.54, 1.807) is 18.2 Å². The third kappa shape index (κ3) is 6.79. The van der Waals surface area contributed by atoms with Gasteiger partial charge >= 0.3 is 6.18 Å². The molecule has 4 rings (SSSR count). The van der Waals surface area contributed by atoms with Gasteiger partial charge in [0.2, 0.25) is 5.91 Å². The van der Waals surface area contributed by atoms with Crippen molar-refractivity contribution in [2.24, 2.45) is 0 Å². The number of aromatic nitrogens is 2. The number of terminal acetylenes is 1. The zero-order valence-corrected chi connectivity index (χ0v) is 20.8. The van der Waals surface area contributed by atoms with Crippen molar-refractivity contribution < 1.29 is 27.4 Å². The van der Waals surface area contributed by atoms with Gasteiger partial charge in [-0.1, -0.05) is 12.0 Å². The molecule has 1 amide bonds. The van der Waals surface area contributed by atoms with Gasteiger partial charge in [-0.3, -0.25) is 4.79 Å². The number of anilines is 3. The number of fused-ring (bicyclic) bond motifs is 1. The van der Waals surface area contributed by atoms with Crippen LogP contribution in [-0.4, -0.2) is 60.7 Å². The Morgan fingerprint density at radius 1 is 1.26 bits per heavy atom. The molecule has 38 heavy (non-hydrogen) atoms. The van der Waals surface area contributed by atoms with Crippen LogP contribution in [0.4, 0.5) is 30.4 Å². The summed E-state index contributed by atoms with van der Waals surface area (Å²) in [4.78, 5) is 23.0. The molecular weight excluding hydrogens is 499 g/mol. The van der Waals surface area contributed by atoms with Crippen LogP contribution >= 0.6 is 0 Å². The molecule has 198 valence electrons. The summed E-state index contributed by atoms with van der Waals surface area (Å²) in [5.41, 5.74) is 0.0959. The highest BCUT2D eigenvalue weighted by Crippen LogP contribution is 2.36. The largest absolute Gasteiger partial charge is 0.486 e. The molecule has 3 aromatic rings. The van der Waals surface area contributed by atoms with Gasteiger partial charge in [-0.2, -0.15) is 13.2 Å². The molecule has 1 aliphatic rings. The molecule has 0 bridgehead atoms. The molecule has 1 fully saturated rings. The minimum Gasteiger partial charge on any atom is -0.486 e. The lowest BCUT2D eigenvalue weighted by molar-refractivity contribution is -0.137. The molecule has 1 saturated heterocycles. The second-order valence-corrected chi connectivity index (χ2v) is 8.91. The maximum absolute atomic E-state index is 13.4. The minimum absolute atomic E-state index is 0.0626. The number of ether oxygens (including phenoxy) is 2. The van der Waals surface area contributed by atoms with Gasteiger partial charge in [0.05, 0.1) is 30.0 Å².